The Kier molecular flexibility index (Phi) is 4.15. The number of ether oxygens (including phenoxy) is 2. The van der Waals surface area contributed by atoms with Gasteiger partial charge in [0, 0.05) is 5.57 Å². The molecule has 4 heteroatoms. The van der Waals surface area contributed by atoms with Crippen LogP contribution in [0.5, 0.6) is 11.5 Å². The highest BCUT2D eigenvalue weighted by Crippen LogP contribution is 2.30. The number of halogens is 1. The van der Waals surface area contributed by atoms with E-state index >= 15 is 0 Å². The van der Waals surface area contributed by atoms with Crippen LogP contribution in [0.15, 0.2) is 48.0 Å². The van der Waals surface area contributed by atoms with Gasteiger partial charge in [-0.2, -0.15) is 0 Å². The van der Waals surface area contributed by atoms with Crippen molar-refractivity contribution in [1.82, 2.24) is 0 Å². The summed E-state index contributed by atoms with van der Waals surface area (Å²) in [6, 6.07) is 11.8. The molecule has 23 heavy (non-hydrogen) atoms. The Labute approximate surface area is 134 Å². The van der Waals surface area contributed by atoms with Crippen molar-refractivity contribution < 1.29 is 18.7 Å². The highest BCUT2D eigenvalue weighted by molar-refractivity contribution is 6.14. The number of hydrogen-bond donors (Lipinski definition) is 0. The fourth-order valence-electron chi connectivity index (χ4n) is 2.45. The molecule has 0 aliphatic carbocycles. The number of carbonyl (C=O) groups excluding carboxylic acids is 1. The van der Waals surface area contributed by atoms with Crippen molar-refractivity contribution in [2.45, 2.75) is 20.0 Å². The average molecular weight is 312 g/mol. The number of carbonyl (C=O) groups is 1. The lowest BCUT2D eigenvalue weighted by atomic mass is 9.98. The minimum absolute atomic E-state index is 0.0373. The zero-order valence-electron chi connectivity index (χ0n) is 13.0. The van der Waals surface area contributed by atoms with Crippen LogP contribution in [0.2, 0.25) is 0 Å². The number of benzene rings is 2. The SMILES string of the molecule is CC(C)Oc1ccc(/C=C2\COc3c(F)cccc3C2=O)cc1. The van der Waals surface area contributed by atoms with E-state index in [1.165, 1.54) is 12.1 Å². The van der Waals surface area contributed by atoms with Crippen molar-refractivity contribution in [3.8, 4) is 11.5 Å². The Hall–Kier alpha value is -2.62. The maximum absolute atomic E-state index is 13.6. The van der Waals surface area contributed by atoms with Gasteiger partial charge in [0.05, 0.1) is 11.7 Å². The van der Waals surface area contributed by atoms with Crippen LogP contribution in [0, 0.1) is 5.82 Å². The van der Waals surface area contributed by atoms with Crippen LogP contribution < -0.4 is 9.47 Å². The van der Waals surface area contributed by atoms with Gasteiger partial charge in [-0.25, -0.2) is 4.39 Å². The van der Waals surface area contributed by atoms with Crippen molar-refractivity contribution in [1.29, 1.82) is 0 Å². The van der Waals surface area contributed by atoms with Gasteiger partial charge in [0.2, 0.25) is 0 Å². The zero-order valence-corrected chi connectivity index (χ0v) is 13.0. The number of Topliss-reactive ketones (excluding diaryl/α,β-unsaturated/α-hetero) is 1. The van der Waals surface area contributed by atoms with Crippen molar-refractivity contribution in [2.75, 3.05) is 6.61 Å². The van der Waals surface area contributed by atoms with Crippen LogP contribution in [-0.4, -0.2) is 18.5 Å². The molecule has 1 aliphatic rings. The lowest BCUT2D eigenvalue weighted by Crippen LogP contribution is -2.19. The normalized spacial score (nSPS) is 15.5. The standard InChI is InChI=1S/C19H17FO3/c1-12(2)23-15-8-6-13(7-9-15)10-14-11-22-19-16(18(14)21)4-3-5-17(19)20/h3-10,12H,11H2,1-2H3/b14-10+. The average Bonchev–Trinajstić information content (AvgIpc) is 2.52. The summed E-state index contributed by atoms with van der Waals surface area (Å²) >= 11 is 0. The molecule has 2 aromatic carbocycles. The zero-order chi connectivity index (χ0) is 16.4. The molecule has 0 N–H and O–H groups in total. The molecule has 0 bridgehead atoms. The van der Waals surface area contributed by atoms with E-state index in [-0.39, 0.29) is 29.8 Å². The first-order chi connectivity index (χ1) is 11.0. The molecular formula is C19H17FO3. The molecule has 0 saturated heterocycles. The van der Waals surface area contributed by atoms with Crippen molar-refractivity contribution in [3.63, 3.8) is 0 Å². The second-order valence-corrected chi connectivity index (χ2v) is 5.64. The van der Waals surface area contributed by atoms with E-state index in [2.05, 4.69) is 0 Å². The van der Waals surface area contributed by atoms with Gasteiger partial charge in [-0.1, -0.05) is 18.2 Å². The van der Waals surface area contributed by atoms with E-state index in [1.54, 1.807) is 12.1 Å². The quantitative estimate of drug-likeness (QED) is 0.794. The molecule has 0 amide bonds. The number of ketones is 1. The third-order valence-electron chi connectivity index (χ3n) is 3.47. The molecule has 0 radical (unpaired) electrons. The summed E-state index contributed by atoms with van der Waals surface area (Å²) in [5.74, 6) is 0.106. The van der Waals surface area contributed by atoms with E-state index in [0.717, 1.165) is 11.3 Å². The maximum atomic E-state index is 13.6. The maximum Gasteiger partial charge on any atom is 0.196 e. The van der Waals surface area contributed by atoms with Crippen LogP contribution in [-0.2, 0) is 0 Å². The molecule has 1 aliphatic heterocycles. The smallest absolute Gasteiger partial charge is 0.196 e. The fraction of sp³-hybridized carbons (Fsp3) is 0.211. The van der Waals surface area contributed by atoms with Crippen molar-refractivity contribution >= 4 is 11.9 Å². The number of fused-ring (bicyclic) bond motifs is 1. The van der Waals surface area contributed by atoms with Crippen LogP contribution >= 0.6 is 0 Å². The van der Waals surface area contributed by atoms with Gasteiger partial charge < -0.3 is 9.47 Å². The molecule has 0 unspecified atom stereocenters. The highest BCUT2D eigenvalue weighted by Gasteiger charge is 2.25. The van der Waals surface area contributed by atoms with E-state index in [1.807, 2.05) is 38.1 Å². The molecule has 3 rings (SSSR count). The van der Waals surface area contributed by atoms with Gasteiger partial charge in [-0.05, 0) is 49.8 Å². The molecule has 0 spiro atoms. The molecule has 3 nitrogen and oxygen atoms in total. The lowest BCUT2D eigenvalue weighted by Gasteiger charge is -2.19. The Balaban J connectivity index is 1.85. The summed E-state index contributed by atoms with van der Waals surface area (Å²) in [7, 11) is 0. The lowest BCUT2D eigenvalue weighted by molar-refractivity contribution is 0.0998. The summed E-state index contributed by atoms with van der Waals surface area (Å²) in [5.41, 5.74) is 1.63. The Morgan fingerprint density at radius 2 is 1.91 bits per heavy atom. The largest absolute Gasteiger partial charge is 0.491 e. The van der Waals surface area contributed by atoms with Gasteiger partial charge in [0.25, 0.3) is 0 Å². The molecule has 0 fully saturated rings. The van der Waals surface area contributed by atoms with Gasteiger partial charge in [-0.3, -0.25) is 4.79 Å². The summed E-state index contributed by atoms with van der Waals surface area (Å²) < 4.78 is 24.6. The van der Waals surface area contributed by atoms with Gasteiger partial charge >= 0.3 is 0 Å². The first-order valence-corrected chi connectivity index (χ1v) is 7.48. The van der Waals surface area contributed by atoms with Gasteiger partial charge in [-0.15, -0.1) is 0 Å². The minimum Gasteiger partial charge on any atom is -0.491 e. The van der Waals surface area contributed by atoms with Crippen LogP contribution in [0.1, 0.15) is 29.8 Å². The predicted octanol–water partition coefficient (Wildman–Crippen LogP) is 4.27. The topological polar surface area (TPSA) is 35.5 Å². The predicted molar refractivity (Wildman–Crippen MR) is 86.4 cm³/mol. The number of para-hydroxylation sites is 1. The van der Waals surface area contributed by atoms with Crippen molar-refractivity contribution in [2.24, 2.45) is 0 Å². The Morgan fingerprint density at radius 3 is 2.61 bits per heavy atom. The first kappa shape index (κ1) is 15.3. The molecular weight excluding hydrogens is 295 g/mol. The molecule has 0 aromatic heterocycles. The second-order valence-electron chi connectivity index (χ2n) is 5.64. The van der Waals surface area contributed by atoms with Gasteiger partial charge in [0.15, 0.2) is 17.3 Å². The third kappa shape index (κ3) is 3.26. The van der Waals surface area contributed by atoms with E-state index < -0.39 is 5.82 Å². The van der Waals surface area contributed by atoms with E-state index in [0.29, 0.717) is 5.57 Å². The summed E-state index contributed by atoms with van der Waals surface area (Å²) in [6.07, 6.45) is 1.87. The van der Waals surface area contributed by atoms with Crippen molar-refractivity contribution in [3.05, 3.63) is 65.0 Å². The second kappa shape index (κ2) is 6.24. The summed E-state index contributed by atoms with van der Waals surface area (Å²) in [6.45, 7) is 3.99. The Morgan fingerprint density at radius 1 is 1.17 bits per heavy atom. The molecule has 0 saturated carbocycles. The van der Waals surface area contributed by atoms with Crippen LogP contribution in [0.3, 0.4) is 0 Å². The number of hydrogen-bond acceptors (Lipinski definition) is 3. The monoisotopic (exact) mass is 312 g/mol. The molecule has 2 aromatic rings. The van der Waals surface area contributed by atoms with Crippen LogP contribution in [0.25, 0.3) is 6.08 Å². The molecule has 1 heterocycles. The fourth-order valence-corrected chi connectivity index (χ4v) is 2.45. The highest BCUT2D eigenvalue weighted by atomic mass is 19.1. The van der Waals surface area contributed by atoms with E-state index in [9.17, 15) is 9.18 Å². The first-order valence-electron chi connectivity index (χ1n) is 7.48. The molecule has 0 atom stereocenters. The van der Waals surface area contributed by atoms with E-state index in [4.69, 9.17) is 9.47 Å². The van der Waals surface area contributed by atoms with Crippen LogP contribution in [0.4, 0.5) is 4.39 Å². The summed E-state index contributed by atoms with van der Waals surface area (Å²) in [4.78, 5) is 12.4. The minimum atomic E-state index is -0.509. The Bertz CT molecular complexity index is 761. The summed E-state index contributed by atoms with van der Waals surface area (Å²) in [5, 5.41) is 0. The molecule has 118 valence electrons. The number of rotatable bonds is 3. The van der Waals surface area contributed by atoms with Gasteiger partial charge in [0.1, 0.15) is 12.4 Å². The third-order valence-corrected chi connectivity index (χ3v) is 3.47.